The summed E-state index contributed by atoms with van der Waals surface area (Å²) in [6.45, 7) is 7.14. The van der Waals surface area contributed by atoms with Gasteiger partial charge in [0, 0.05) is 6.54 Å². The van der Waals surface area contributed by atoms with Crippen molar-refractivity contribution >= 4 is 5.91 Å². The highest BCUT2D eigenvalue weighted by Gasteiger charge is 2.04. The van der Waals surface area contributed by atoms with Crippen LogP contribution in [0.25, 0.3) is 0 Å². The predicted molar refractivity (Wildman–Crippen MR) is 67.3 cm³/mol. The Morgan fingerprint density at radius 2 is 2.00 bits per heavy atom. The lowest BCUT2D eigenvalue weighted by Crippen LogP contribution is -2.27. The molecule has 88 valence electrons. The zero-order valence-corrected chi connectivity index (χ0v) is 10.4. The zero-order chi connectivity index (χ0) is 12.0. The summed E-state index contributed by atoms with van der Waals surface area (Å²) >= 11 is 0. The summed E-state index contributed by atoms with van der Waals surface area (Å²) in [5, 5.41) is 2.95. The summed E-state index contributed by atoms with van der Waals surface area (Å²) in [7, 11) is 0. The van der Waals surface area contributed by atoms with Crippen LogP contribution in [0.1, 0.15) is 31.4 Å². The minimum Gasteiger partial charge on any atom is -0.356 e. The number of hydrogen-bond donors (Lipinski definition) is 1. The molecule has 2 heteroatoms. The van der Waals surface area contributed by atoms with E-state index in [1.165, 1.54) is 5.56 Å². The first-order chi connectivity index (χ1) is 7.59. The van der Waals surface area contributed by atoms with Gasteiger partial charge in [-0.2, -0.15) is 0 Å². The van der Waals surface area contributed by atoms with Gasteiger partial charge in [0.25, 0.3) is 0 Å². The average molecular weight is 219 g/mol. The quantitative estimate of drug-likeness (QED) is 0.810. The molecule has 0 aliphatic heterocycles. The van der Waals surface area contributed by atoms with E-state index in [2.05, 4.69) is 19.2 Å². The third kappa shape index (κ3) is 4.47. The monoisotopic (exact) mass is 219 g/mol. The first kappa shape index (κ1) is 12.8. The van der Waals surface area contributed by atoms with Gasteiger partial charge in [-0.3, -0.25) is 4.79 Å². The topological polar surface area (TPSA) is 29.1 Å². The van der Waals surface area contributed by atoms with E-state index in [1.54, 1.807) is 0 Å². The average Bonchev–Trinajstić information content (AvgIpc) is 2.21. The second-order valence-electron chi connectivity index (χ2n) is 4.64. The molecule has 0 saturated carbocycles. The Kier molecular flexibility index (Phi) is 5.03. The Labute approximate surface area is 98.1 Å². The minimum atomic E-state index is 0.120. The predicted octanol–water partition coefficient (Wildman–Crippen LogP) is 2.70. The van der Waals surface area contributed by atoms with Gasteiger partial charge in [-0.05, 0) is 30.4 Å². The smallest absolute Gasteiger partial charge is 0.224 e. The molecule has 16 heavy (non-hydrogen) atoms. The third-order valence-corrected chi connectivity index (χ3v) is 2.66. The summed E-state index contributed by atoms with van der Waals surface area (Å²) in [6.07, 6.45) is 1.53. The van der Waals surface area contributed by atoms with Gasteiger partial charge in [-0.15, -0.1) is 0 Å². The normalized spacial score (nSPS) is 10.5. The second kappa shape index (κ2) is 6.31. The summed E-state index contributed by atoms with van der Waals surface area (Å²) in [5.74, 6) is 0.758. The maximum atomic E-state index is 11.6. The van der Waals surface area contributed by atoms with Crippen molar-refractivity contribution in [1.82, 2.24) is 5.32 Å². The minimum absolute atomic E-state index is 0.120. The summed E-state index contributed by atoms with van der Waals surface area (Å²) in [6, 6.07) is 8.02. The highest BCUT2D eigenvalue weighted by molar-refractivity contribution is 5.78. The van der Waals surface area contributed by atoms with E-state index in [0.29, 0.717) is 12.3 Å². The van der Waals surface area contributed by atoms with Crippen LogP contribution in [-0.4, -0.2) is 12.5 Å². The number of hydrogen-bond acceptors (Lipinski definition) is 1. The molecule has 1 aromatic carbocycles. The van der Waals surface area contributed by atoms with Crippen molar-refractivity contribution in [3.05, 3.63) is 35.4 Å². The Balaban J connectivity index is 2.37. The fraction of sp³-hybridized carbons (Fsp3) is 0.500. The first-order valence-corrected chi connectivity index (χ1v) is 5.91. The van der Waals surface area contributed by atoms with Gasteiger partial charge in [0.15, 0.2) is 0 Å². The molecular formula is C14H21NO. The number of rotatable bonds is 5. The van der Waals surface area contributed by atoms with Gasteiger partial charge < -0.3 is 5.32 Å². The van der Waals surface area contributed by atoms with Crippen LogP contribution in [0.5, 0.6) is 0 Å². The van der Waals surface area contributed by atoms with E-state index in [4.69, 9.17) is 0 Å². The molecule has 1 aromatic rings. The Hall–Kier alpha value is -1.31. The van der Waals surface area contributed by atoms with Crippen LogP contribution in [0.2, 0.25) is 0 Å². The van der Waals surface area contributed by atoms with Crippen LogP contribution in [-0.2, 0) is 11.2 Å². The van der Waals surface area contributed by atoms with Crippen molar-refractivity contribution in [2.45, 2.75) is 33.6 Å². The maximum absolute atomic E-state index is 11.6. The SMILES string of the molecule is Cc1ccccc1CC(=O)NCCC(C)C. The Morgan fingerprint density at radius 3 is 2.62 bits per heavy atom. The van der Waals surface area contributed by atoms with E-state index < -0.39 is 0 Å². The van der Waals surface area contributed by atoms with Crippen molar-refractivity contribution < 1.29 is 4.79 Å². The van der Waals surface area contributed by atoms with Crippen molar-refractivity contribution in [3.8, 4) is 0 Å². The van der Waals surface area contributed by atoms with E-state index in [9.17, 15) is 4.79 Å². The molecular weight excluding hydrogens is 198 g/mol. The van der Waals surface area contributed by atoms with Crippen LogP contribution >= 0.6 is 0 Å². The van der Waals surface area contributed by atoms with Crippen LogP contribution in [0.15, 0.2) is 24.3 Å². The molecule has 0 spiro atoms. The highest BCUT2D eigenvalue weighted by Crippen LogP contribution is 2.07. The molecule has 0 aliphatic rings. The van der Waals surface area contributed by atoms with Gasteiger partial charge in [-0.25, -0.2) is 0 Å². The number of benzene rings is 1. The van der Waals surface area contributed by atoms with E-state index in [0.717, 1.165) is 18.5 Å². The lowest BCUT2D eigenvalue weighted by atomic mass is 10.1. The van der Waals surface area contributed by atoms with Crippen LogP contribution in [0, 0.1) is 12.8 Å². The molecule has 1 rings (SSSR count). The van der Waals surface area contributed by atoms with Gasteiger partial charge in [-0.1, -0.05) is 38.1 Å². The number of amides is 1. The number of aryl methyl sites for hydroxylation is 1. The summed E-state index contributed by atoms with van der Waals surface area (Å²) < 4.78 is 0. The molecule has 0 radical (unpaired) electrons. The van der Waals surface area contributed by atoms with E-state index >= 15 is 0 Å². The van der Waals surface area contributed by atoms with Crippen molar-refractivity contribution in [1.29, 1.82) is 0 Å². The van der Waals surface area contributed by atoms with Gasteiger partial charge in [0.2, 0.25) is 5.91 Å². The zero-order valence-electron chi connectivity index (χ0n) is 10.4. The van der Waals surface area contributed by atoms with E-state index in [1.807, 2.05) is 31.2 Å². The Bertz CT molecular complexity index is 344. The largest absolute Gasteiger partial charge is 0.356 e. The standard InChI is InChI=1S/C14H21NO/c1-11(2)8-9-15-14(16)10-13-7-5-4-6-12(13)3/h4-7,11H,8-10H2,1-3H3,(H,15,16). The van der Waals surface area contributed by atoms with Crippen LogP contribution in [0.3, 0.4) is 0 Å². The van der Waals surface area contributed by atoms with Crippen molar-refractivity contribution in [2.75, 3.05) is 6.54 Å². The van der Waals surface area contributed by atoms with Crippen molar-refractivity contribution in [2.24, 2.45) is 5.92 Å². The summed E-state index contributed by atoms with van der Waals surface area (Å²) in [4.78, 5) is 11.6. The fourth-order valence-corrected chi connectivity index (χ4v) is 1.54. The van der Waals surface area contributed by atoms with E-state index in [-0.39, 0.29) is 5.91 Å². The molecule has 1 N–H and O–H groups in total. The van der Waals surface area contributed by atoms with Gasteiger partial charge in [0.05, 0.1) is 6.42 Å². The summed E-state index contributed by atoms with van der Waals surface area (Å²) in [5.41, 5.74) is 2.30. The van der Waals surface area contributed by atoms with Crippen molar-refractivity contribution in [3.63, 3.8) is 0 Å². The molecule has 0 saturated heterocycles. The molecule has 0 unspecified atom stereocenters. The molecule has 0 aromatic heterocycles. The lowest BCUT2D eigenvalue weighted by molar-refractivity contribution is -0.120. The third-order valence-electron chi connectivity index (χ3n) is 2.66. The molecule has 1 amide bonds. The number of nitrogens with one attached hydrogen (secondary N) is 1. The number of carbonyl (C=O) groups is 1. The molecule has 0 fully saturated rings. The molecule has 0 bridgehead atoms. The maximum Gasteiger partial charge on any atom is 0.224 e. The van der Waals surface area contributed by atoms with Gasteiger partial charge >= 0.3 is 0 Å². The molecule has 0 heterocycles. The highest BCUT2D eigenvalue weighted by atomic mass is 16.1. The molecule has 0 aliphatic carbocycles. The fourth-order valence-electron chi connectivity index (χ4n) is 1.54. The van der Waals surface area contributed by atoms with Gasteiger partial charge in [0.1, 0.15) is 0 Å². The number of carbonyl (C=O) groups excluding carboxylic acids is 1. The first-order valence-electron chi connectivity index (χ1n) is 5.91. The Morgan fingerprint density at radius 1 is 1.31 bits per heavy atom. The lowest BCUT2D eigenvalue weighted by Gasteiger charge is -2.08. The second-order valence-corrected chi connectivity index (χ2v) is 4.64. The van der Waals surface area contributed by atoms with Crippen LogP contribution < -0.4 is 5.32 Å². The molecule has 2 nitrogen and oxygen atoms in total. The molecule has 0 atom stereocenters. The van der Waals surface area contributed by atoms with Crippen LogP contribution in [0.4, 0.5) is 0 Å².